The second-order valence-corrected chi connectivity index (χ2v) is 9.22. The van der Waals surface area contributed by atoms with Gasteiger partial charge in [0.15, 0.2) is 0 Å². The van der Waals surface area contributed by atoms with Gasteiger partial charge in [-0.15, -0.1) is 0 Å². The molecule has 32 heavy (non-hydrogen) atoms. The van der Waals surface area contributed by atoms with Crippen molar-refractivity contribution in [3.05, 3.63) is 85.6 Å². The average molecular weight is 557 g/mol. The van der Waals surface area contributed by atoms with E-state index in [0.29, 0.717) is 11.3 Å². The molecule has 1 aromatic heterocycles. The van der Waals surface area contributed by atoms with Gasteiger partial charge in [0.25, 0.3) is 11.8 Å². The fourth-order valence-electron chi connectivity index (χ4n) is 3.77. The van der Waals surface area contributed by atoms with Crippen LogP contribution in [0.4, 0.5) is 10.5 Å². The van der Waals surface area contributed by atoms with Crippen molar-refractivity contribution in [3.8, 4) is 5.69 Å². The number of benzene rings is 2. The third kappa shape index (κ3) is 3.84. The van der Waals surface area contributed by atoms with Gasteiger partial charge in [-0.05, 0) is 84.7 Å². The molecule has 2 aromatic carbocycles. The Hall–Kier alpha value is -2.97. The van der Waals surface area contributed by atoms with Crippen molar-refractivity contribution in [2.45, 2.75) is 20.8 Å². The van der Waals surface area contributed by atoms with Gasteiger partial charge < -0.3 is 4.57 Å². The molecule has 0 aliphatic carbocycles. The number of imide groups is 2. The molecule has 162 valence electrons. The predicted molar refractivity (Wildman–Crippen MR) is 131 cm³/mol. The van der Waals surface area contributed by atoms with Crippen LogP contribution in [0.2, 0.25) is 0 Å². The number of carbonyl (C=O) groups excluding carboxylic acids is 3. The lowest BCUT2D eigenvalue weighted by Gasteiger charge is -2.26. The number of halogens is 2. The predicted octanol–water partition coefficient (Wildman–Crippen LogP) is 5.59. The van der Waals surface area contributed by atoms with Crippen LogP contribution in [0.15, 0.2) is 63.0 Å². The molecule has 4 amide bonds. The molecule has 8 heteroatoms. The summed E-state index contributed by atoms with van der Waals surface area (Å²) in [7, 11) is 0. The van der Waals surface area contributed by atoms with E-state index in [9.17, 15) is 14.4 Å². The fourth-order valence-corrected chi connectivity index (χ4v) is 4.62. The van der Waals surface area contributed by atoms with Crippen LogP contribution in [0.5, 0.6) is 0 Å². The number of anilines is 1. The summed E-state index contributed by atoms with van der Waals surface area (Å²) in [4.78, 5) is 39.3. The molecule has 0 spiro atoms. The van der Waals surface area contributed by atoms with Gasteiger partial charge in [-0.2, -0.15) is 0 Å². The highest BCUT2D eigenvalue weighted by Gasteiger charge is 2.37. The van der Waals surface area contributed by atoms with E-state index in [0.717, 1.165) is 36.5 Å². The van der Waals surface area contributed by atoms with Crippen LogP contribution in [0.3, 0.4) is 0 Å². The zero-order valence-electron chi connectivity index (χ0n) is 17.6. The Labute approximate surface area is 202 Å². The number of amides is 4. The van der Waals surface area contributed by atoms with E-state index in [4.69, 9.17) is 0 Å². The minimum Gasteiger partial charge on any atom is -0.317 e. The highest BCUT2D eigenvalue weighted by molar-refractivity contribution is 9.10. The molecule has 6 nitrogen and oxygen atoms in total. The SMILES string of the molecule is Cc1cccc(N2C(=O)NC(=O)/C(=C\c3c(Br)c(C)n(-c4ccc(Br)cc4)c3C)C2=O)c1. The van der Waals surface area contributed by atoms with Crippen molar-refractivity contribution < 1.29 is 14.4 Å². The Morgan fingerprint density at radius 3 is 2.22 bits per heavy atom. The molecule has 1 aliphatic rings. The third-order valence-electron chi connectivity index (χ3n) is 5.35. The number of aryl methyl sites for hydroxylation is 1. The van der Waals surface area contributed by atoms with Gasteiger partial charge in [-0.3, -0.25) is 14.9 Å². The van der Waals surface area contributed by atoms with E-state index in [2.05, 4.69) is 37.2 Å². The van der Waals surface area contributed by atoms with E-state index in [-0.39, 0.29) is 5.57 Å². The largest absolute Gasteiger partial charge is 0.335 e. The van der Waals surface area contributed by atoms with Crippen molar-refractivity contribution >= 4 is 61.5 Å². The molecule has 2 heterocycles. The number of barbiturate groups is 1. The summed E-state index contributed by atoms with van der Waals surface area (Å²) in [5, 5.41) is 2.28. The standard InChI is InChI=1S/C24H19Br2N3O3/c1-13-5-4-6-18(11-13)29-23(31)20(22(30)27-24(29)32)12-19-14(2)28(15(3)21(19)26)17-9-7-16(25)8-10-17/h4-12H,1-3H3,(H,27,30,32)/b20-12+. The number of nitrogens with zero attached hydrogens (tertiary/aromatic N) is 2. The molecule has 1 saturated heterocycles. The van der Waals surface area contributed by atoms with Crippen LogP contribution in [-0.2, 0) is 9.59 Å². The fraction of sp³-hybridized carbons (Fsp3) is 0.125. The Morgan fingerprint density at radius 1 is 0.875 bits per heavy atom. The first kappa shape index (κ1) is 22.2. The van der Waals surface area contributed by atoms with E-state index >= 15 is 0 Å². The van der Waals surface area contributed by atoms with Crippen molar-refractivity contribution in [2.75, 3.05) is 4.90 Å². The summed E-state index contributed by atoms with van der Waals surface area (Å²) in [5.41, 5.74) is 4.61. The molecule has 1 fully saturated rings. The van der Waals surface area contributed by atoms with E-state index < -0.39 is 17.8 Å². The second-order valence-electron chi connectivity index (χ2n) is 7.51. The van der Waals surface area contributed by atoms with Crippen LogP contribution in [0.25, 0.3) is 11.8 Å². The lowest BCUT2D eigenvalue weighted by Crippen LogP contribution is -2.54. The van der Waals surface area contributed by atoms with Gasteiger partial charge in [0.05, 0.1) is 5.69 Å². The Morgan fingerprint density at radius 2 is 1.56 bits per heavy atom. The molecule has 0 bridgehead atoms. The van der Waals surface area contributed by atoms with Gasteiger partial charge in [0.2, 0.25) is 0 Å². The van der Waals surface area contributed by atoms with Crippen LogP contribution in [0, 0.1) is 20.8 Å². The molecule has 1 N–H and O–H groups in total. The minimum atomic E-state index is -0.762. The number of nitrogens with one attached hydrogen (secondary N) is 1. The number of rotatable bonds is 3. The maximum absolute atomic E-state index is 13.2. The highest BCUT2D eigenvalue weighted by Crippen LogP contribution is 2.33. The lowest BCUT2D eigenvalue weighted by atomic mass is 10.1. The molecular weight excluding hydrogens is 538 g/mol. The maximum Gasteiger partial charge on any atom is 0.335 e. The molecule has 0 unspecified atom stereocenters. The van der Waals surface area contributed by atoms with Crippen molar-refractivity contribution in [1.29, 1.82) is 0 Å². The molecule has 0 radical (unpaired) electrons. The summed E-state index contributed by atoms with van der Waals surface area (Å²) < 4.78 is 3.78. The summed E-state index contributed by atoms with van der Waals surface area (Å²) in [6.07, 6.45) is 1.54. The van der Waals surface area contributed by atoms with Gasteiger partial charge >= 0.3 is 6.03 Å². The summed E-state index contributed by atoms with van der Waals surface area (Å²) >= 11 is 7.06. The van der Waals surface area contributed by atoms with Crippen molar-refractivity contribution in [1.82, 2.24) is 9.88 Å². The quantitative estimate of drug-likeness (QED) is 0.337. The minimum absolute atomic E-state index is 0.108. The van der Waals surface area contributed by atoms with E-state index in [1.165, 1.54) is 6.08 Å². The molecular formula is C24H19Br2N3O3. The Kier molecular flexibility index (Phi) is 5.92. The molecule has 0 atom stereocenters. The van der Waals surface area contributed by atoms with Crippen molar-refractivity contribution in [3.63, 3.8) is 0 Å². The van der Waals surface area contributed by atoms with E-state index in [1.54, 1.807) is 18.2 Å². The molecule has 0 saturated carbocycles. The topological polar surface area (TPSA) is 71.4 Å². The van der Waals surface area contributed by atoms with Crippen LogP contribution in [-0.4, -0.2) is 22.4 Å². The lowest BCUT2D eigenvalue weighted by molar-refractivity contribution is -0.122. The van der Waals surface area contributed by atoms with Gasteiger partial charge in [-0.25, -0.2) is 9.69 Å². The van der Waals surface area contributed by atoms with Gasteiger partial charge in [-0.1, -0.05) is 28.1 Å². The molecule has 3 aromatic rings. The highest BCUT2D eigenvalue weighted by atomic mass is 79.9. The normalized spacial score (nSPS) is 15.5. The van der Waals surface area contributed by atoms with Gasteiger partial charge in [0.1, 0.15) is 5.57 Å². The summed E-state index contributed by atoms with van der Waals surface area (Å²) in [6, 6.07) is 14.1. The second kappa shape index (κ2) is 8.52. The first-order chi connectivity index (χ1) is 15.2. The number of hydrogen-bond acceptors (Lipinski definition) is 3. The monoisotopic (exact) mass is 555 g/mol. The third-order valence-corrected chi connectivity index (χ3v) is 6.88. The number of urea groups is 1. The average Bonchev–Trinajstić information content (AvgIpc) is 2.94. The summed E-state index contributed by atoms with van der Waals surface area (Å²) in [6.45, 7) is 5.74. The number of carbonyl (C=O) groups is 3. The van der Waals surface area contributed by atoms with Crippen LogP contribution >= 0.6 is 31.9 Å². The smallest absolute Gasteiger partial charge is 0.317 e. The number of hydrogen-bond donors (Lipinski definition) is 1. The van der Waals surface area contributed by atoms with Crippen molar-refractivity contribution in [2.24, 2.45) is 0 Å². The molecule has 4 rings (SSSR count). The Bertz CT molecular complexity index is 1310. The van der Waals surface area contributed by atoms with Crippen LogP contribution < -0.4 is 10.2 Å². The van der Waals surface area contributed by atoms with E-state index in [1.807, 2.05) is 55.7 Å². The van der Waals surface area contributed by atoms with Crippen LogP contribution in [0.1, 0.15) is 22.5 Å². The molecule has 1 aliphatic heterocycles. The maximum atomic E-state index is 13.2. The summed E-state index contributed by atoms with van der Waals surface area (Å²) in [5.74, 6) is -1.38. The zero-order chi connectivity index (χ0) is 23.2. The zero-order valence-corrected chi connectivity index (χ0v) is 20.7. The number of aromatic nitrogens is 1. The first-order valence-corrected chi connectivity index (χ1v) is 11.4. The first-order valence-electron chi connectivity index (χ1n) is 9.80. The Balaban J connectivity index is 1.81. The van der Waals surface area contributed by atoms with Gasteiger partial charge in [0, 0.05) is 31.6 Å².